The number of benzene rings is 1. The van der Waals surface area contributed by atoms with Crippen LogP contribution >= 0.6 is 0 Å². The lowest BCUT2D eigenvalue weighted by Gasteiger charge is -2.33. The Balaban J connectivity index is 1.67. The summed E-state index contributed by atoms with van der Waals surface area (Å²) in [6.07, 6.45) is 1.69. The molecule has 0 bridgehead atoms. The predicted octanol–water partition coefficient (Wildman–Crippen LogP) is 2.92. The van der Waals surface area contributed by atoms with Gasteiger partial charge in [-0.25, -0.2) is 4.98 Å². The second-order valence-corrected chi connectivity index (χ2v) is 6.49. The van der Waals surface area contributed by atoms with Gasteiger partial charge in [-0.15, -0.1) is 0 Å². The van der Waals surface area contributed by atoms with Crippen LogP contribution in [0.5, 0.6) is 5.75 Å². The van der Waals surface area contributed by atoms with E-state index in [0.717, 1.165) is 55.4 Å². The van der Waals surface area contributed by atoms with Crippen molar-refractivity contribution >= 4 is 17.3 Å². The number of methoxy groups -OCH3 is 1. The van der Waals surface area contributed by atoms with Gasteiger partial charge in [-0.3, -0.25) is 4.79 Å². The lowest BCUT2D eigenvalue weighted by molar-refractivity contribution is 0.0637. The van der Waals surface area contributed by atoms with Crippen LogP contribution in [0, 0.1) is 6.92 Å². The molecular weight excluding hydrogens is 328 g/mol. The van der Waals surface area contributed by atoms with Gasteiger partial charge in [0.25, 0.3) is 5.91 Å². The zero-order valence-corrected chi connectivity index (χ0v) is 15.7. The Morgan fingerprint density at radius 2 is 1.96 bits per heavy atom. The molecule has 1 aromatic carbocycles. The second kappa shape index (κ2) is 8.19. The Morgan fingerprint density at radius 1 is 1.19 bits per heavy atom. The molecule has 0 spiro atoms. The van der Waals surface area contributed by atoms with Crippen molar-refractivity contribution in [3.05, 3.63) is 47.8 Å². The average Bonchev–Trinajstić information content (AvgIpc) is 2.68. The van der Waals surface area contributed by atoms with E-state index < -0.39 is 0 Å². The lowest BCUT2D eigenvalue weighted by Crippen LogP contribution is -2.48. The van der Waals surface area contributed by atoms with E-state index >= 15 is 0 Å². The highest BCUT2D eigenvalue weighted by molar-refractivity contribution is 5.92. The van der Waals surface area contributed by atoms with Crippen molar-refractivity contribution in [2.24, 2.45) is 0 Å². The molecule has 0 atom stereocenters. The van der Waals surface area contributed by atoms with E-state index in [9.17, 15) is 4.79 Å². The van der Waals surface area contributed by atoms with Crippen molar-refractivity contribution in [1.82, 2.24) is 14.8 Å². The fourth-order valence-corrected chi connectivity index (χ4v) is 3.10. The first kappa shape index (κ1) is 18.2. The van der Waals surface area contributed by atoms with Crippen molar-refractivity contribution < 1.29 is 9.53 Å². The molecule has 1 aliphatic heterocycles. The van der Waals surface area contributed by atoms with Crippen LogP contribution in [0.4, 0.5) is 11.4 Å². The summed E-state index contributed by atoms with van der Waals surface area (Å²) in [5, 5.41) is 3.30. The number of rotatable bonds is 5. The molecule has 138 valence electrons. The highest BCUT2D eigenvalue weighted by atomic mass is 16.5. The summed E-state index contributed by atoms with van der Waals surface area (Å²) in [5.74, 6) is 0.769. The van der Waals surface area contributed by atoms with E-state index in [-0.39, 0.29) is 5.91 Å². The number of ether oxygens (including phenoxy) is 1. The molecule has 1 amide bonds. The van der Waals surface area contributed by atoms with Crippen molar-refractivity contribution in [3.8, 4) is 5.75 Å². The molecule has 3 rings (SSSR count). The highest BCUT2D eigenvalue weighted by Crippen LogP contribution is 2.28. The number of carbonyl (C=O) groups is 1. The molecule has 1 aliphatic rings. The molecule has 26 heavy (non-hydrogen) atoms. The number of hydrogen-bond acceptors (Lipinski definition) is 5. The number of piperazine rings is 1. The lowest BCUT2D eigenvalue weighted by atomic mass is 10.2. The van der Waals surface area contributed by atoms with Crippen LogP contribution in [-0.2, 0) is 0 Å². The van der Waals surface area contributed by atoms with Crippen LogP contribution in [0.1, 0.15) is 23.0 Å². The first-order chi connectivity index (χ1) is 12.6. The van der Waals surface area contributed by atoms with E-state index in [0.29, 0.717) is 5.69 Å². The number of pyridine rings is 1. The number of nitrogens with one attached hydrogen (secondary N) is 1. The summed E-state index contributed by atoms with van der Waals surface area (Å²) < 4.78 is 5.38. The smallest absolute Gasteiger partial charge is 0.272 e. The van der Waals surface area contributed by atoms with Crippen molar-refractivity contribution in [2.75, 3.05) is 45.2 Å². The van der Waals surface area contributed by atoms with Gasteiger partial charge in [0.15, 0.2) is 0 Å². The monoisotopic (exact) mass is 354 g/mol. The Hall–Kier alpha value is -2.60. The summed E-state index contributed by atoms with van der Waals surface area (Å²) in [6, 6.07) is 9.61. The van der Waals surface area contributed by atoms with E-state index in [4.69, 9.17) is 4.74 Å². The molecule has 1 saturated heterocycles. The van der Waals surface area contributed by atoms with E-state index in [1.807, 2.05) is 36.1 Å². The van der Waals surface area contributed by atoms with Gasteiger partial charge in [0.2, 0.25) is 0 Å². The molecule has 6 heteroatoms. The van der Waals surface area contributed by atoms with Gasteiger partial charge in [-0.05, 0) is 43.3 Å². The Kier molecular flexibility index (Phi) is 5.73. The Bertz CT molecular complexity index is 753. The maximum atomic E-state index is 12.6. The number of hydrogen-bond donors (Lipinski definition) is 1. The summed E-state index contributed by atoms with van der Waals surface area (Å²) in [5.41, 5.74) is 3.32. The number of aromatic nitrogens is 1. The minimum absolute atomic E-state index is 0.000407. The number of anilines is 2. The van der Waals surface area contributed by atoms with Crippen molar-refractivity contribution in [2.45, 2.75) is 13.8 Å². The van der Waals surface area contributed by atoms with Gasteiger partial charge in [0.05, 0.1) is 24.7 Å². The zero-order valence-electron chi connectivity index (χ0n) is 15.7. The molecule has 2 heterocycles. The number of nitrogens with zero attached hydrogens (tertiary/aromatic N) is 3. The van der Waals surface area contributed by atoms with Crippen LogP contribution in [0.2, 0.25) is 0 Å². The topological polar surface area (TPSA) is 57.7 Å². The minimum Gasteiger partial charge on any atom is -0.495 e. The van der Waals surface area contributed by atoms with E-state index in [1.165, 1.54) is 0 Å². The third-order valence-corrected chi connectivity index (χ3v) is 4.72. The molecule has 1 fully saturated rings. The number of carbonyl (C=O) groups excluding carboxylic acids is 1. The van der Waals surface area contributed by atoms with Gasteiger partial charge < -0.3 is 19.9 Å². The fraction of sp³-hybridized carbons (Fsp3) is 0.400. The minimum atomic E-state index is 0.000407. The fourth-order valence-electron chi connectivity index (χ4n) is 3.10. The van der Waals surface area contributed by atoms with Crippen LogP contribution in [-0.4, -0.2) is 60.5 Å². The van der Waals surface area contributed by atoms with Crippen LogP contribution in [0.25, 0.3) is 0 Å². The summed E-state index contributed by atoms with van der Waals surface area (Å²) in [6.45, 7) is 8.58. The average molecular weight is 354 g/mol. The molecule has 2 aromatic rings. The molecular formula is C20H26N4O2. The van der Waals surface area contributed by atoms with Gasteiger partial charge in [0, 0.05) is 26.2 Å². The number of aryl methyl sites for hydroxylation is 1. The molecule has 0 radical (unpaired) electrons. The number of amides is 1. The highest BCUT2D eigenvalue weighted by Gasteiger charge is 2.22. The van der Waals surface area contributed by atoms with Crippen molar-refractivity contribution in [1.29, 1.82) is 0 Å². The van der Waals surface area contributed by atoms with Gasteiger partial charge >= 0.3 is 0 Å². The van der Waals surface area contributed by atoms with E-state index in [2.05, 4.69) is 22.1 Å². The third-order valence-electron chi connectivity index (χ3n) is 4.72. The molecule has 0 saturated carbocycles. The van der Waals surface area contributed by atoms with Crippen LogP contribution in [0.15, 0.2) is 36.5 Å². The van der Waals surface area contributed by atoms with Crippen LogP contribution < -0.4 is 10.1 Å². The quantitative estimate of drug-likeness (QED) is 0.895. The summed E-state index contributed by atoms with van der Waals surface area (Å²) >= 11 is 0. The van der Waals surface area contributed by atoms with Gasteiger partial charge in [-0.2, -0.15) is 0 Å². The standard InChI is InChI=1S/C20H26N4O2/c1-4-23-9-11-24(12-10-23)20(25)17-7-6-16(14-21-17)22-18-13-15(2)5-8-19(18)26-3/h5-8,13-14,22H,4,9-12H2,1-3H3. The molecule has 0 aliphatic carbocycles. The Labute approximate surface area is 154 Å². The largest absolute Gasteiger partial charge is 0.495 e. The predicted molar refractivity (Wildman–Crippen MR) is 103 cm³/mol. The summed E-state index contributed by atoms with van der Waals surface area (Å²) in [7, 11) is 1.65. The first-order valence-electron chi connectivity index (χ1n) is 9.00. The van der Waals surface area contributed by atoms with Gasteiger partial charge in [0.1, 0.15) is 11.4 Å². The maximum absolute atomic E-state index is 12.6. The number of likely N-dealkylation sites (N-methyl/N-ethyl adjacent to an activating group) is 1. The molecule has 0 unspecified atom stereocenters. The van der Waals surface area contributed by atoms with Crippen LogP contribution in [0.3, 0.4) is 0 Å². The van der Waals surface area contributed by atoms with Crippen molar-refractivity contribution in [3.63, 3.8) is 0 Å². The SMILES string of the molecule is CCN1CCN(C(=O)c2ccc(Nc3cc(C)ccc3OC)cn2)CC1. The summed E-state index contributed by atoms with van der Waals surface area (Å²) in [4.78, 5) is 21.2. The molecule has 6 nitrogen and oxygen atoms in total. The first-order valence-corrected chi connectivity index (χ1v) is 9.00. The molecule has 1 aromatic heterocycles. The second-order valence-electron chi connectivity index (χ2n) is 6.49. The van der Waals surface area contributed by atoms with Gasteiger partial charge in [-0.1, -0.05) is 13.0 Å². The van der Waals surface area contributed by atoms with E-state index in [1.54, 1.807) is 19.4 Å². The molecule has 1 N–H and O–H groups in total. The normalized spacial score (nSPS) is 15.0. The Morgan fingerprint density at radius 3 is 2.58 bits per heavy atom. The third kappa shape index (κ3) is 4.14. The zero-order chi connectivity index (χ0) is 18.5. The maximum Gasteiger partial charge on any atom is 0.272 e.